The molecule has 0 radical (unpaired) electrons. The van der Waals surface area contributed by atoms with Gasteiger partial charge in [-0.15, -0.1) is 0 Å². The summed E-state index contributed by atoms with van der Waals surface area (Å²) in [6.45, 7) is 0. The van der Waals surface area contributed by atoms with E-state index in [-0.39, 0.29) is 5.41 Å². The molecule has 1 spiro atoms. The third-order valence-corrected chi connectivity index (χ3v) is 7.38. The number of methoxy groups -OCH3 is 1. The molecule has 0 fully saturated rings. The molecule has 0 heterocycles. The maximum Gasteiger partial charge on any atom is 0.119 e. The van der Waals surface area contributed by atoms with Gasteiger partial charge in [0.05, 0.1) is 12.5 Å². The van der Waals surface area contributed by atoms with Crippen molar-refractivity contribution in [1.29, 1.82) is 0 Å². The fraction of sp³-hybridized carbons (Fsp3) is 0.0625. The molecule has 2 aliphatic carbocycles. The normalized spacial score (nSPS) is 13.7. The van der Waals surface area contributed by atoms with Crippen LogP contribution in [0.5, 0.6) is 5.75 Å². The lowest BCUT2D eigenvalue weighted by Crippen LogP contribution is -2.25. The van der Waals surface area contributed by atoms with Crippen LogP contribution in [0.15, 0.2) is 115 Å². The third-order valence-electron chi connectivity index (χ3n) is 7.38. The molecule has 2 heteroatoms. The minimum Gasteiger partial charge on any atom is -0.497 e. The summed E-state index contributed by atoms with van der Waals surface area (Å²) >= 11 is 0. The highest BCUT2D eigenvalue weighted by Crippen LogP contribution is 2.62. The average Bonchev–Trinajstić information content (AvgIpc) is 3.36. The summed E-state index contributed by atoms with van der Waals surface area (Å²) in [6, 6.07) is 41.6. The van der Waals surface area contributed by atoms with E-state index in [9.17, 15) is 0 Å². The van der Waals surface area contributed by atoms with E-state index in [4.69, 9.17) is 4.74 Å². The second kappa shape index (κ2) is 7.10. The molecular formula is C32H23NO. The van der Waals surface area contributed by atoms with Gasteiger partial charge >= 0.3 is 0 Å². The van der Waals surface area contributed by atoms with Crippen LogP contribution >= 0.6 is 0 Å². The van der Waals surface area contributed by atoms with Gasteiger partial charge in [-0.25, -0.2) is 0 Å². The van der Waals surface area contributed by atoms with E-state index in [0.29, 0.717) is 0 Å². The Bertz CT molecular complexity index is 1500. The first-order valence-electron chi connectivity index (χ1n) is 11.7. The Morgan fingerprint density at radius 3 is 1.50 bits per heavy atom. The lowest BCUT2D eigenvalue weighted by molar-refractivity contribution is 0.415. The van der Waals surface area contributed by atoms with Crippen LogP contribution < -0.4 is 10.1 Å². The fourth-order valence-electron chi connectivity index (χ4n) is 6.01. The van der Waals surface area contributed by atoms with Crippen LogP contribution in [0.2, 0.25) is 0 Å². The Balaban J connectivity index is 1.48. The molecule has 0 aliphatic heterocycles. The van der Waals surface area contributed by atoms with Gasteiger partial charge < -0.3 is 10.1 Å². The summed E-state index contributed by atoms with van der Waals surface area (Å²) in [5, 5.41) is 3.61. The number of hydrogen-bond donors (Lipinski definition) is 1. The smallest absolute Gasteiger partial charge is 0.119 e. The average molecular weight is 438 g/mol. The topological polar surface area (TPSA) is 21.3 Å². The molecule has 0 saturated heterocycles. The van der Waals surface area contributed by atoms with Crippen LogP contribution in [0.25, 0.3) is 22.3 Å². The standard InChI is InChI=1S/C32H23NO/c1-34-23-17-14-21(15-18-23)33-22-16-19-27-26-10-4-7-13-30(26)32(31(27)20-22)28-11-5-2-8-24(28)25-9-3-6-12-29(25)32/h2-20,33H,1H3. The maximum atomic E-state index is 5.32. The Morgan fingerprint density at radius 2 is 0.971 bits per heavy atom. The van der Waals surface area contributed by atoms with Crippen molar-refractivity contribution in [3.05, 3.63) is 138 Å². The van der Waals surface area contributed by atoms with E-state index in [1.165, 1.54) is 44.5 Å². The Morgan fingerprint density at radius 1 is 0.500 bits per heavy atom. The summed E-state index contributed by atoms with van der Waals surface area (Å²) in [6.07, 6.45) is 0. The highest BCUT2D eigenvalue weighted by molar-refractivity contribution is 5.95. The summed E-state index contributed by atoms with van der Waals surface area (Å²) < 4.78 is 5.32. The van der Waals surface area contributed by atoms with Gasteiger partial charge in [-0.1, -0.05) is 78.9 Å². The Hall–Kier alpha value is -4.30. The summed E-state index contributed by atoms with van der Waals surface area (Å²) in [7, 11) is 1.69. The van der Waals surface area contributed by atoms with Crippen LogP contribution in [0.4, 0.5) is 11.4 Å². The van der Waals surface area contributed by atoms with Gasteiger partial charge in [0.1, 0.15) is 5.75 Å². The predicted molar refractivity (Wildman–Crippen MR) is 139 cm³/mol. The van der Waals surface area contributed by atoms with Crippen LogP contribution in [0.3, 0.4) is 0 Å². The molecule has 0 amide bonds. The van der Waals surface area contributed by atoms with Crippen molar-refractivity contribution < 1.29 is 4.74 Å². The molecule has 5 aromatic carbocycles. The molecule has 1 N–H and O–H groups in total. The van der Waals surface area contributed by atoms with Gasteiger partial charge in [-0.2, -0.15) is 0 Å². The number of ether oxygens (including phenoxy) is 1. The van der Waals surface area contributed by atoms with Gasteiger partial charge in [0, 0.05) is 11.4 Å². The van der Waals surface area contributed by atoms with Gasteiger partial charge in [-0.3, -0.25) is 0 Å². The maximum absolute atomic E-state index is 5.32. The monoisotopic (exact) mass is 437 g/mol. The minimum atomic E-state index is -0.309. The molecule has 0 unspecified atom stereocenters. The molecule has 34 heavy (non-hydrogen) atoms. The third kappa shape index (κ3) is 2.45. The zero-order valence-corrected chi connectivity index (χ0v) is 18.9. The second-order valence-corrected chi connectivity index (χ2v) is 9.00. The molecule has 2 nitrogen and oxygen atoms in total. The van der Waals surface area contributed by atoms with Crippen LogP contribution in [-0.2, 0) is 5.41 Å². The zero-order valence-electron chi connectivity index (χ0n) is 18.9. The number of benzene rings is 5. The number of fused-ring (bicyclic) bond motifs is 10. The number of anilines is 2. The SMILES string of the molecule is COc1ccc(Nc2ccc3c(c2)C2(c4ccccc4-c4ccccc42)c2ccccc2-3)cc1. The predicted octanol–water partition coefficient (Wildman–Crippen LogP) is 7.78. The van der Waals surface area contributed by atoms with E-state index in [0.717, 1.165) is 17.1 Å². The van der Waals surface area contributed by atoms with Gasteiger partial charge in [0.2, 0.25) is 0 Å². The lowest BCUT2D eigenvalue weighted by Gasteiger charge is -2.30. The van der Waals surface area contributed by atoms with Crippen molar-refractivity contribution in [3.63, 3.8) is 0 Å². The number of rotatable bonds is 3. The molecule has 7 rings (SSSR count). The van der Waals surface area contributed by atoms with Crippen molar-refractivity contribution in [1.82, 2.24) is 0 Å². The van der Waals surface area contributed by atoms with Crippen LogP contribution in [-0.4, -0.2) is 7.11 Å². The first kappa shape index (κ1) is 19.2. The first-order chi connectivity index (χ1) is 16.8. The van der Waals surface area contributed by atoms with Gasteiger partial charge in [-0.05, 0) is 80.9 Å². The second-order valence-electron chi connectivity index (χ2n) is 9.00. The first-order valence-corrected chi connectivity index (χ1v) is 11.7. The summed E-state index contributed by atoms with van der Waals surface area (Å²) in [4.78, 5) is 0. The van der Waals surface area contributed by atoms with Crippen molar-refractivity contribution in [2.24, 2.45) is 0 Å². The number of hydrogen-bond acceptors (Lipinski definition) is 2. The van der Waals surface area contributed by atoms with Gasteiger partial charge in [0.25, 0.3) is 0 Å². The largest absolute Gasteiger partial charge is 0.497 e. The van der Waals surface area contributed by atoms with E-state index in [1.807, 2.05) is 12.1 Å². The minimum absolute atomic E-state index is 0.309. The van der Waals surface area contributed by atoms with Crippen LogP contribution in [0, 0.1) is 0 Å². The van der Waals surface area contributed by atoms with Crippen molar-refractivity contribution in [3.8, 4) is 28.0 Å². The van der Waals surface area contributed by atoms with Crippen molar-refractivity contribution in [2.45, 2.75) is 5.41 Å². The Kier molecular flexibility index (Phi) is 4.01. The van der Waals surface area contributed by atoms with Crippen molar-refractivity contribution in [2.75, 3.05) is 12.4 Å². The van der Waals surface area contributed by atoms with E-state index in [1.54, 1.807) is 7.11 Å². The molecule has 0 saturated carbocycles. The van der Waals surface area contributed by atoms with Crippen molar-refractivity contribution >= 4 is 11.4 Å². The van der Waals surface area contributed by atoms with E-state index < -0.39 is 0 Å². The quantitative estimate of drug-likeness (QED) is 0.305. The number of nitrogens with one attached hydrogen (secondary N) is 1. The summed E-state index contributed by atoms with van der Waals surface area (Å²) in [5.74, 6) is 0.855. The zero-order chi connectivity index (χ0) is 22.7. The summed E-state index contributed by atoms with van der Waals surface area (Å²) in [5.41, 5.74) is 12.5. The van der Waals surface area contributed by atoms with E-state index in [2.05, 4.69) is 108 Å². The molecule has 0 bridgehead atoms. The molecule has 2 aliphatic rings. The molecule has 0 atom stereocenters. The van der Waals surface area contributed by atoms with E-state index >= 15 is 0 Å². The fourth-order valence-corrected chi connectivity index (χ4v) is 6.01. The lowest BCUT2D eigenvalue weighted by atomic mass is 9.70. The van der Waals surface area contributed by atoms with Crippen LogP contribution in [0.1, 0.15) is 22.3 Å². The van der Waals surface area contributed by atoms with Gasteiger partial charge in [0.15, 0.2) is 0 Å². The molecule has 5 aromatic rings. The Labute approximate surface area is 199 Å². The molecule has 0 aromatic heterocycles. The highest BCUT2D eigenvalue weighted by atomic mass is 16.5. The highest BCUT2D eigenvalue weighted by Gasteiger charge is 2.51. The molecular weight excluding hydrogens is 414 g/mol. The molecule has 162 valence electrons.